The van der Waals surface area contributed by atoms with Crippen LogP contribution in [0.25, 0.3) is 0 Å². The monoisotopic (exact) mass is 322 g/mol. The first-order valence-electron chi connectivity index (χ1n) is 8.05. The van der Waals surface area contributed by atoms with Gasteiger partial charge >= 0.3 is 0 Å². The van der Waals surface area contributed by atoms with Crippen LogP contribution >= 0.6 is 0 Å². The number of carbonyl (C=O) groups excluding carboxylic acids is 1. The minimum atomic E-state index is -0.742. The van der Waals surface area contributed by atoms with E-state index < -0.39 is 11.6 Å². The van der Waals surface area contributed by atoms with Crippen molar-refractivity contribution in [1.29, 1.82) is 0 Å². The quantitative estimate of drug-likeness (QED) is 0.856. The third-order valence-corrected chi connectivity index (χ3v) is 5.25. The first-order valence-corrected chi connectivity index (χ1v) is 8.05. The Morgan fingerprint density at radius 1 is 1.30 bits per heavy atom. The van der Waals surface area contributed by atoms with Gasteiger partial charge in [-0.2, -0.15) is 0 Å². The summed E-state index contributed by atoms with van der Waals surface area (Å²) < 4.78 is 7.06. The number of hydrogen-bond donors (Lipinski definition) is 1. The van der Waals surface area contributed by atoms with Gasteiger partial charge in [-0.1, -0.05) is 13.8 Å². The highest BCUT2D eigenvalue weighted by Crippen LogP contribution is 2.48. The van der Waals surface area contributed by atoms with Gasteiger partial charge in [-0.25, -0.2) is 0 Å². The highest BCUT2D eigenvalue weighted by atomic mass is 16.5. The number of ether oxygens (including phenoxy) is 1. The average Bonchev–Trinajstić information content (AvgIpc) is 2.81. The number of rotatable bonds is 1. The number of methoxy groups -OCH3 is 1. The van der Waals surface area contributed by atoms with E-state index in [1.54, 1.807) is 18.9 Å². The van der Waals surface area contributed by atoms with Crippen molar-refractivity contribution in [2.45, 2.75) is 58.7 Å². The van der Waals surface area contributed by atoms with E-state index in [9.17, 15) is 14.7 Å². The lowest BCUT2D eigenvalue weighted by Gasteiger charge is -2.45. The number of hydrogen-bond acceptors (Lipinski definition) is 4. The Balaban J connectivity index is 0.000000924. The molecule has 3 heterocycles. The Bertz CT molecular complexity index is 710. The van der Waals surface area contributed by atoms with Crippen LogP contribution in [-0.2, 0) is 5.54 Å². The van der Waals surface area contributed by atoms with Gasteiger partial charge in [-0.15, -0.1) is 0 Å². The van der Waals surface area contributed by atoms with E-state index in [-0.39, 0.29) is 28.8 Å². The first-order chi connectivity index (χ1) is 10.8. The van der Waals surface area contributed by atoms with Crippen molar-refractivity contribution in [3.63, 3.8) is 0 Å². The van der Waals surface area contributed by atoms with E-state index in [0.29, 0.717) is 17.7 Å². The molecule has 6 heteroatoms. The third kappa shape index (κ3) is 2.04. The molecule has 0 spiro atoms. The van der Waals surface area contributed by atoms with Crippen molar-refractivity contribution in [1.82, 2.24) is 9.47 Å². The second-order valence-corrected chi connectivity index (χ2v) is 6.23. The molecule has 3 atom stereocenters. The van der Waals surface area contributed by atoms with Gasteiger partial charge in [0.05, 0.1) is 30.5 Å². The molecule has 23 heavy (non-hydrogen) atoms. The lowest BCUT2D eigenvalue weighted by molar-refractivity contribution is 0.0410. The molecule has 0 fully saturated rings. The first kappa shape index (κ1) is 17.5. The van der Waals surface area contributed by atoms with Gasteiger partial charge in [0.2, 0.25) is 5.43 Å². The molecule has 0 saturated carbocycles. The van der Waals surface area contributed by atoms with Crippen LogP contribution in [0.4, 0.5) is 0 Å². The number of aromatic nitrogens is 1. The standard InChI is InChI=1S/C15H20N2O4.C2H6/c1-7-10-9(18)6-15(3)8(2)16(4)14(20)11(17(10)15)13(21-5)12(7)19;1-2/h8-9,18H,6H2,1-5H3;1-2H3. The fourth-order valence-electron chi connectivity index (χ4n) is 3.79. The number of pyridine rings is 1. The smallest absolute Gasteiger partial charge is 0.274 e. The van der Waals surface area contributed by atoms with E-state index in [4.69, 9.17) is 4.74 Å². The molecular formula is C17H26N2O4. The molecule has 0 radical (unpaired) electrons. The topological polar surface area (TPSA) is 71.8 Å². The van der Waals surface area contributed by atoms with Crippen molar-refractivity contribution in [2.24, 2.45) is 0 Å². The Morgan fingerprint density at radius 3 is 2.39 bits per heavy atom. The van der Waals surface area contributed by atoms with Crippen LogP contribution in [0.5, 0.6) is 5.75 Å². The molecule has 6 nitrogen and oxygen atoms in total. The lowest BCUT2D eigenvalue weighted by atomic mass is 9.87. The maximum Gasteiger partial charge on any atom is 0.274 e. The summed E-state index contributed by atoms with van der Waals surface area (Å²) in [6, 6.07) is -0.0833. The second-order valence-electron chi connectivity index (χ2n) is 6.23. The predicted molar refractivity (Wildman–Crippen MR) is 88.1 cm³/mol. The van der Waals surface area contributed by atoms with Crippen LogP contribution in [-0.4, -0.2) is 40.7 Å². The van der Waals surface area contributed by atoms with Gasteiger partial charge in [0.15, 0.2) is 11.4 Å². The maximum absolute atomic E-state index is 12.6. The number of carbonyl (C=O) groups is 1. The van der Waals surface area contributed by atoms with E-state index in [1.165, 1.54) is 7.11 Å². The molecule has 128 valence electrons. The van der Waals surface area contributed by atoms with Gasteiger partial charge in [0.1, 0.15) is 0 Å². The van der Waals surface area contributed by atoms with Crippen LogP contribution < -0.4 is 10.2 Å². The second kappa shape index (κ2) is 5.67. The van der Waals surface area contributed by atoms with Crippen LogP contribution in [0, 0.1) is 6.92 Å². The zero-order valence-electron chi connectivity index (χ0n) is 14.9. The predicted octanol–water partition coefficient (Wildman–Crippen LogP) is 1.82. The molecule has 1 N–H and O–H groups in total. The molecule has 2 aliphatic heterocycles. The fourth-order valence-corrected chi connectivity index (χ4v) is 3.79. The zero-order chi connectivity index (χ0) is 17.7. The Hall–Kier alpha value is -1.82. The normalized spacial score (nSPS) is 28.2. The fraction of sp³-hybridized carbons (Fsp3) is 0.647. The summed E-state index contributed by atoms with van der Waals surface area (Å²) in [4.78, 5) is 26.7. The summed E-state index contributed by atoms with van der Waals surface area (Å²) in [5, 5.41) is 10.4. The third-order valence-electron chi connectivity index (χ3n) is 5.25. The maximum atomic E-state index is 12.6. The van der Waals surface area contributed by atoms with Gasteiger partial charge in [-0.3, -0.25) is 9.59 Å². The molecular weight excluding hydrogens is 296 g/mol. The summed E-state index contributed by atoms with van der Waals surface area (Å²) in [6.07, 6.45) is -0.263. The van der Waals surface area contributed by atoms with Gasteiger partial charge in [0, 0.05) is 19.0 Å². The average molecular weight is 322 g/mol. The van der Waals surface area contributed by atoms with E-state index in [1.807, 2.05) is 32.3 Å². The molecule has 0 aliphatic carbocycles. The van der Waals surface area contributed by atoms with Crippen LogP contribution in [0.2, 0.25) is 0 Å². The molecule has 2 aliphatic rings. The van der Waals surface area contributed by atoms with Crippen molar-refractivity contribution < 1.29 is 14.6 Å². The molecule has 1 aromatic rings. The lowest BCUT2D eigenvalue weighted by Crippen LogP contribution is -2.56. The Kier molecular flexibility index (Phi) is 4.32. The number of likely N-dealkylation sites (N-methyl/N-ethyl adjacent to an activating group) is 1. The van der Waals surface area contributed by atoms with E-state index in [2.05, 4.69) is 0 Å². The largest absolute Gasteiger partial charge is 0.491 e. The Labute approximate surface area is 136 Å². The summed E-state index contributed by atoms with van der Waals surface area (Å²) in [7, 11) is 3.11. The van der Waals surface area contributed by atoms with Gasteiger partial charge < -0.3 is 19.3 Å². The van der Waals surface area contributed by atoms with E-state index in [0.717, 1.165) is 0 Å². The highest BCUT2D eigenvalue weighted by Gasteiger charge is 2.52. The van der Waals surface area contributed by atoms with E-state index >= 15 is 0 Å². The summed E-state index contributed by atoms with van der Waals surface area (Å²) in [6.45, 7) is 9.64. The minimum Gasteiger partial charge on any atom is -0.491 e. The van der Waals surface area contributed by atoms with Crippen molar-refractivity contribution in [2.75, 3.05) is 14.2 Å². The number of nitrogens with zero attached hydrogens (tertiary/aromatic N) is 2. The molecule has 3 unspecified atom stereocenters. The molecule has 1 aromatic heterocycles. The summed E-state index contributed by atoms with van der Waals surface area (Å²) >= 11 is 0. The number of amides is 1. The summed E-state index contributed by atoms with van der Waals surface area (Å²) in [5.74, 6) is -0.176. The molecule has 0 bridgehead atoms. The van der Waals surface area contributed by atoms with Crippen molar-refractivity contribution >= 4 is 5.91 Å². The van der Waals surface area contributed by atoms with Crippen molar-refractivity contribution in [3.8, 4) is 5.75 Å². The minimum absolute atomic E-state index is 0.0697. The van der Waals surface area contributed by atoms with Crippen molar-refractivity contribution in [3.05, 3.63) is 27.2 Å². The highest BCUT2D eigenvalue weighted by molar-refractivity contribution is 5.96. The summed E-state index contributed by atoms with van der Waals surface area (Å²) in [5.41, 5.74) is 0.488. The van der Waals surface area contributed by atoms with Crippen LogP contribution in [0.3, 0.4) is 0 Å². The SMILES string of the molecule is CC.COc1c2n3c(c(C)c1=O)C(O)CC3(C)C(C)N(C)C2=O. The molecule has 3 rings (SSSR count). The van der Waals surface area contributed by atoms with Crippen LogP contribution in [0.15, 0.2) is 4.79 Å². The Morgan fingerprint density at radius 2 is 1.87 bits per heavy atom. The van der Waals surface area contributed by atoms with Gasteiger partial charge in [-0.05, 0) is 20.8 Å². The zero-order valence-corrected chi connectivity index (χ0v) is 14.9. The number of aliphatic hydroxyl groups excluding tert-OH is 1. The van der Waals surface area contributed by atoms with Crippen LogP contribution in [0.1, 0.15) is 62.0 Å². The molecule has 0 saturated heterocycles. The molecule has 1 amide bonds. The number of aliphatic hydroxyl groups is 1. The van der Waals surface area contributed by atoms with Gasteiger partial charge in [0.25, 0.3) is 5.91 Å². The molecule has 0 aromatic carbocycles.